The zero-order valence-electron chi connectivity index (χ0n) is 9.39. The molecule has 2 rings (SSSR count). The van der Waals surface area contributed by atoms with Crippen molar-refractivity contribution in [3.05, 3.63) is 16.2 Å². The Morgan fingerprint density at radius 2 is 2.25 bits per heavy atom. The molecular formula is C9H14N4O3. The molecule has 0 amide bonds. The quantitative estimate of drug-likeness (QED) is 0.551. The van der Waals surface area contributed by atoms with E-state index in [1.165, 1.54) is 10.7 Å². The maximum atomic E-state index is 10.6. The Bertz CT molecular complexity index is 450. The van der Waals surface area contributed by atoms with Gasteiger partial charge in [-0.1, -0.05) is 0 Å². The van der Waals surface area contributed by atoms with E-state index < -0.39 is 10.6 Å². The molecule has 7 nitrogen and oxygen atoms in total. The Morgan fingerprint density at radius 3 is 2.81 bits per heavy atom. The van der Waals surface area contributed by atoms with E-state index >= 15 is 0 Å². The number of nitrogens with zero attached hydrogens (tertiary/aromatic N) is 3. The molecule has 16 heavy (non-hydrogen) atoms. The van der Waals surface area contributed by atoms with Crippen LogP contribution in [0.15, 0.2) is 6.07 Å². The summed E-state index contributed by atoms with van der Waals surface area (Å²) < 4.78 is 1.26. The first-order valence-electron chi connectivity index (χ1n) is 4.97. The number of hydrogen-bond donors (Lipinski definition) is 2. The predicted molar refractivity (Wildman–Crippen MR) is 57.1 cm³/mol. The second kappa shape index (κ2) is 2.94. The highest BCUT2D eigenvalue weighted by Crippen LogP contribution is 2.36. The van der Waals surface area contributed by atoms with Gasteiger partial charge >= 0.3 is 5.82 Å². The van der Waals surface area contributed by atoms with Crippen LogP contribution in [0.25, 0.3) is 0 Å². The number of nitrogens with one attached hydrogen (secondary N) is 1. The topological polar surface area (TPSA) is 93.2 Å². The SMILES string of the molecule is CC1(C)CC(C)(O)n2nc([N+](=O)[O-])cc2N1. The first-order valence-corrected chi connectivity index (χ1v) is 4.97. The fraction of sp³-hybridized carbons (Fsp3) is 0.667. The van der Waals surface area contributed by atoms with Gasteiger partial charge in [-0.05, 0) is 25.7 Å². The standard InChI is InChI=1S/C9H14N4O3/c1-8(2)5-9(3,14)12-6(10-8)4-7(11-12)13(15)16/h4,10,14H,5H2,1-3H3. The lowest BCUT2D eigenvalue weighted by Crippen LogP contribution is -2.48. The predicted octanol–water partition coefficient (Wildman–Crippen LogP) is 1.05. The van der Waals surface area contributed by atoms with Crippen molar-refractivity contribution < 1.29 is 10.0 Å². The Hall–Kier alpha value is -1.63. The first-order chi connectivity index (χ1) is 7.21. The van der Waals surface area contributed by atoms with Crippen molar-refractivity contribution in [1.29, 1.82) is 0 Å². The van der Waals surface area contributed by atoms with Gasteiger partial charge in [0, 0.05) is 12.0 Å². The van der Waals surface area contributed by atoms with Gasteiger partial charge in [0.05, 0.1) is 11.2 Å². The van der Waals surface area contributed by atoms with Gasteiger partial charge in [-0.3, -0.25) is 0 Å². The van der Waals surface area contributed by atoms with Gasteiger partial charge in [-0.2, -0.15) is 0 Å². The van der Waals surface area contributed by atoms with Gasteiger partial charge in [-0.25, -0.2) is 0 Å². The minimum absolute atomic E-state index is 0.263. The third kappa shape index (κ3) is 1.63. The van der Waals surface area contributed by atoms with E-state index in [4.69, 9.17) is 0 Å². The van der Waals surface area contributed by atoms with Crippen LogP contribution in [0.3, 0.4) is 0 Å². The second-order valence-corrected chi connectivity index (χ2v) is 4.96. The van der Waals surface area contributed by atoms with E-state index in [0.29, 0.717) is 12.2 Å². The Kier molecular flexibility index (Phi) is 2.00. The van der Waals surface area contributed by atoms with Crippen molar-refractivity contribution in [2.75, 3.05) is 5.32 Å². The van der Waals surface area contributed by atoms with Crippen LogP contribution in [0.2, 0.25) is 0 Å². The minimum atomic E-state index is -1.21. The molecule has 0 aromatic carbocycles. The third-order valence-electron chi connectivity index (χ3n) is 2.58. The van der Waals surface area contributed by atoms with Crippen LogP contribution >= 0.6 is 0 Å². The van der Waals surface area contributed by atoms with Gasteiger partial charge in [-0.15, -0.1) is 4.68 Å². The molecule has 2 N–H and O–H groups in total. The van der Waals surface area contributed by atoms with Crippen LogP contribution in [0.5, 0.6) is 0 Å². The van der Waals surface area contributed by atoms with Crippen LogP contribution < -0.4 is 5.32 Å². The van der Waals surface area contributed by atoms with E-state index in [-0.39, 0.29) is 11.4 Å². The number of hydrogen-bond acceptors (Lipinski definition) is 5. The molecule has 1 aliphatic rings. The maximum absolute atomic E-state index is 10.6. The number of nitro groups is 1. The average molecular weight is 226 g/mol. The molecule has 0 saturated carbocycles. The molecule has 0 saturated heterocycles. The lowest BCUT2D eigenvalue weighted by atomic mass is 9.91. The van der Waals surface area contributed by atoms with Crippen LogP contribution in [0, 0.1) is 10.1 Å². The molecule has 1 aromatic rings. The van der Waals surface area contributed by atoms with Crippen LogP contribution in [-0.4, -0.2) is 25.3 Å². The third-order valence-corrected chi connectivity index (χ3v) is 2.58. The molecule has 1 unspecified atom stereocenters. The lowest BCUT2D eigenvalue weighted by molar-refractivity contribution is -0.390. The van der Waals surface area contributed by atoms with E-state index in [9.17, 15) is 15.2 Å². The van der Waals surface area contributed by atoms with Crippen molar-refractivity contribution in [2.24, 2.45) is 0 Å². The van der Waals surface area contributed by atoms with Gasteiger partial charge < -0.3 is 20.5 Å². The number of anilines is 1. The molecule has 7 heteroatoms. The molecule has 0 radical (unpaired) electrons. The second-order valence-electron chi connectivity index (χ2n) is 4.96. The number of fused-ring (bicyclic) bond motifs is 1. The van der Waals surface area contributed by atoms with Crippen LogP contribution in [0.1, 0.15) is 27.2 Å². The molecule has 1 aliphatic heterocycles. The molecule has 88 valence electrons. The molecule has 0 fully saturated rings. The monoisotopic (exact) mass is 226 g/mol. The Labute approximate surface area is 92.2 Å². The molecule has 0 bridgehead atoms. The molecular weight excluding hydrogens is 212 g/mol. The lowest BCUT2D eigenvalue weighted by Gasteiger charge is -2.39. The summed E-state index contributed by atoms with van der Waals surface area (Å²) in [6.45, 7) is 5.43. The zero-order valence-corrected chi connectivity index (χ0v) is 9.39. The van der Waals surface area contributed by atoms with Crippen molar-refractivity contribution >= 4 is 11.6 Å². The molecule has 0 aliphatic carbocycles. The summed E-state index contributed by atoms with van der Waals surface area (Å²) in [6, 6.07) is 1.33. The highest BCUT2D eigenvalue weighted by Gasteiger charge is 2.43. The van der Waals surface area contributed by atoms with Crippen molar-refractivity contribution in [1.82, 2.24) is 9.78 Å². The smallest absolute Gasteiger partial charge is 0.368 e. The highest BCUT2D eigenvalue weighted by atomic mass is 16.6. The van der Waals surface area contributed by atoms with Crippen molar-refractivity contribution in [2.45, 2.75) is 38.5 Å². The summed E-state index contributed by atoms with van der Waals surface area (Å²) in [5.74, 6) is 0.202. The molecule has 2 heterocycles. The summed E-state index contributed by atoms with van der Waals surface area (Å²) >= 11 is 0. The van der Waals surface area contributed by atoms with E-state index in [2.05, 4.69) is 10.4 Å². The van der Waals surface area contributed by atoms with Gasteiger partial charge in [0.25, 0.3) is 0 Å². The van der Waals surface area contributed by atoms with Crippen LogP contribution in [0.4, 0.5) is 11.6 Å². The van der Waals surface area contributed by atoms with Gasteiger partial charge in [0.1, 0.15) is 0 Å². The van der Waals surface area contributed by atoms with E-state index in [1.54, 1.807) is 6.92 Å². The molecule has 1 aromatic heterocycles. The fourth-order valence-electron chi connectivity index (χ4n) is 2.22. The summed E-state index contributed by atoms with van der Waals surface area (Å²) in [5.41, 5.74) is -1.54. The summed E-state index contributed by atoms with van der Waals surface area (Å²) in [4.78, 5) is 10.0. The first kappa shape index (κ1) is 10.9. The zero-order chi connectivity index (χ0) is 12.1. The normalized spacial score (nSPS) is 27.0. The minimum Gasteiger partial charge on any atom is -0.368 e. The largest absolute Gasteiger partial charge is 0.392 e. The van der Waals surface area contributed by atoms with Gasteiger partial charge in [0.15, 0.2) is 11.5 Å². The summed E-state index contributed by atoms with van der Waals surface area (Å²) in [6.07, 6.45) is 0.422. The molecule has 1 atom stereocenters. The summed E-state index contributed by atoms with van der Waals surface area (Å²) in [7, 11) is 0. The Morgan fingerprint density at radius 1 is 1.62 bits per heavy atom. The number of aliphatic hydroxyl groups is 1. The maximum Gasteiger partial charge on any atom is 0.392 e. The Balaban J connectivity index is 2.52. The van der Waals surface area contributed by atoms with E-state index in [1.807, 2.05) is 13.8 Å². The fourth-order valence-corrected chi connectivity index (χ4v) is 2.22. The number of aromatic nitrogens is 2. The molecule has 0 spiro atoms. The average Bonchev–Trinajstić information content (AvgIpc) is 2.44. The van der Waals surface area contributed by atoms with Gasteiger partial charge in [0.2, 0.25) is 0 Å². The van der Waals surface area contributed by atoms with Crippen LogP contribution in [-0.2, 0) is 5.72 Å². The summed E-state index contributed by atoms with van der Waals surface area (Å²) in [5, 5.41) is 27.7. The van der Waals surface area contributed by atoms with Crippen molar-refractivity contribution in [3.8, 4) is 0 Å². The van der Waals surface area contributed by atoms with E-state index in [0.717, 1.165) is 0 Å². The van der Waals surface area contributed by atoms with Crippen molar-refractivity contribution in [3.63, 3.8) is 0 Å². The number of rotatable bonds is 1. The highest BCUT2D eigenvalue weighted by molar-refractivity contribution is 5.47.